The Bertz CT molecular complexity index is 416. The van der Waals surface area contributed by atoms with Crippen molar-refractivity contribution in [1.82, 2.24) is 10.4 Å². The van der Waals surface area contributed by atoms with Crippen LogP contribution in [0, 0.1) is 11.3 Å². The summed E-state index contributed by atoms with van der Waals surface area (Å²) < 4.78 is 10.4. The van der Waals surface area contributed by atoms with Crippen molar-refractivity contribution in [3.05, 3.63) is 0 Å². The van der Waals surface area contributed by atoms with Crippen LogP contribution in [0.25, 0.3) is 0 Å². The number of amides is 2. The highest BCUT2D eigenvalue weighted by Crippen LogP contribution is 2.11. The molecule has 0 aromatic rings. The van der Waals surface area contributed by atoms with Crippen molar-refractivity contribution in [3.63, 3.8) is 0 Å². The fourth-order valence-corrected chi connectivity index (χ4v) is 1.39. The molecular weight excluding hydrogens is 286 g/mol. The normalized spacial score (nSPS) is 11.3. The molecule has 0 aliphatic carbocycles. The average molecular weight is 313 g/mol. The molecule has 0 aromatic carbocycles. The third-order valence-electron chi connectivity index (χ3n) is 2.16. The fraction of sp³-hybridized carbons (Fsp3) is 0.800. The zero-order chi connectivity index (χ0) is 17.4. The molecule has 0 atom stereocenters. The number of carbonyl (C=O) groups excluding carboxylic acids is 2. The molecule has 0 spiro atoms. The van der Waals surface area contributed by atoms with Crippen LogP contribution in [0.1, 0.15) is 60.8 Å². The van der Waals surface area contributed by atoms with E-state index >= 15 is 0 Å². The number of rotatable bonds is 4. The van der Waals surface area contributed by atoms with E-state index in [9.17, 15) is 9.59 Å². The third kappa shape index (κ3) is 10.8. The molecule has 0 fully saturated rings. The Balaban J connectivity index is 4.68. The standard InChI is InChI=1S/C15H27N3O4/c1-14(2,3)21-12(19)17-18(11-9-7-8-10-16)13(20)22-15(4,5)6/h7-9,11H2,1-6H3,(H,17,19). The molecule has 0 unspecified atom stereocenters. The van der Waals surface area contributed by atoms with Crippen LogP contribution in [-0.4, -0.2) is 34.9 Å². The van der Waals surface area contributed by atoms with Gasteiger partial charge in [0.25, 0.3) is 0 Å². The summed E-state index contributed by atoms with van der Waals surface area (Å²) in [6, 6.07) is 2.03. The van der Waals surface area contributed by atoms with Crippen molar-refractivity contribution < 1.29 is 19.1 Å². The van der Waals surface area contributed by atoms with Gasteiger partial charge in [0.15, 0.2) is 0 Å². The predicted octanol–water partition coefficient (Wildman–Crippen LogP) is 3.36. The lowest BCUT2D eigenvalue weighted by Gasteiger charge is -2.28. The Morgan fingerprint density at radius 1 is 1.05 bits per heavy atom. The number of hydrogen-bond donors (Lipinski definition) is 1. The molecule has 0 aromatic heterocycles. The lowest BCUT2D eigenvalue weighted by Crippen LogP contribution is -2.50. The van der Waals surface area contributed by atoms with Gasteiger partial charge in [-0.25, -0.2) is 20.0 Å². The minimum absolute atomic E-state index is 0.246. The van der Waals surface area contributed by atoms with Gasteiger partial charge in [-0.2, -0.15) is 5.26 Å². The first-order valence-electron chi connectivity index (χ1n) is 7.32. The minimum Gasteiger partial charge on any atom is -0.443 e. The van der Waals surface area contributed by atoms with Gasteiger partial charge in [0.05, 0.1) is 6.07 Å². The number of hydrogen-bond acceptors (Lipinski definition) is 5. The summed E-state index contributed by atoms with van der Waals surface area (Å²) >= 11 is 0. The summed E-state index contributed by atoms with van der Waals surface area (Å²) in [5.74, 6) is 0. The molecule has 0 saturated carbocycles. The number of unbranched alkanes of at least 4 members (excludes halogenated alkanes) is 2. The van der Waals surface area contributed by atoms with Gasteiger partial charge in [0, 0.05) is 13.0 Å². The van der Waals surface area contributed by atoms with Crippen molar-refractivity contribution >= 4 is 12.2 Å². The van der Waals surface area contributed by atoms with E-state index < -0.39 is 23.4 Å². The van der Waals surface area contributed by atoms with Gasteiger partial charge in [0.2, 0.25) is 0 Å². The highest BCUT2D eigenvalue weighted by atomic mass is 16.6. The second-order valence-corrected chi connectivity index (χ2v) is 6.86. The Kier molecular flexibility index (Phi) is 7.71. The largest absolute Gasteiger partial charge is 0.443 e. The molecule has 0 saturated heterocycles. The first-order valence-corrected chi connectivity index (χ1v) is 7.32. The van der Waals surface area contributed by atoms with E-state index in [2.05, 4.69) is 5.43 Å². The monoisotopic (exact) mass is 313 g/mol. The van der Waals surface area contributed by atoms with Crippen LogP contribution in [0.15, 0.2) is 0 Å². The van der Waals surface area contributed by atoms with Gasteiger partial charge in [-0.1, -0.05) is 0 Å². The Morgan fingerprint density at radius 2 is 1.59 bits per heavy atom. The summed E-state index contributed by atoms with van der Waals surface area (Å²) in [4.78, 5) is 23.9. The van der Waals surface area contributed by atoms with E-state index in [4.69, 9.17) is 14.7 Å². The number of hydrazine groups is 1. The third-order valence-corrected chi connectivity index (χ3v) is 2.16. The van der Waals surface area contributed by atoms with Gasteiger partial charge in [-0.3, -0.25) is 0 Å². The zero-order valence-electron chi connectivity index (χ0n) is 14.4. The highest BCUT2D eigenvalue weighted by molar-refractivity contribution is 5.74. The van der Waals surface area contributed by atoms with Crippen LogP contribution >= 0.6 is 0 Å². The minimum atomic E-state index is -0.723. The van der Waals surface area contributed by atoms with Crippen molar-refractivity contribution in [1.29, 1.82) is 5.26 Å². The van der Waals surface area contributed by atoms with Gasteiger partial charge in [-0.15, -0.1) is 0 Å². The summed E-state index contributed by atoms with van der Waals surface area (Å²) in [6.45, 7) is 10.7. The molecule has 7 heteroatoms. The maximum Gasteiger partial charge on any atom is 0.429 e. The number of nitriles is 1. The van der Waals surface area contributed by atoms with E-state index in [0.717, 1.165) is 5.01 Å². The van der Waals surface area contributed by atoms with Gasteiger partial charge < -0.3 is 9.47 Å². The van der Waals surface area contributed by atoms with E-state index in [1.807, 2.05) is 6.07 Å². The molecule has 7 nitrogen and oxygen atoms in total. The molecule has 0 aliphatic rings. The molecule has 0 rings (SSSR count). The van der Waals surface area contributed by atoms with Crippen molar-refractivity contribution in [3.8, 4) is 6.07 Å². The Morgan fingerprint density at radius 3 is 2.05 bits per heavy atom. The molecular formula is C15H27N3O4. The maximum atomic E-state index is 12.1. The molecule has 0 radical (unpaired) electrons. The summed E-state index contributed by atoms with van der Waals surface area (Å²) in [5, 5.41) is 9.60. The summed E-state index contributed by atoms with van der Waals surface area (Å²) in [6.07, 6.45) is 0.220. The molecule has 0 bridgehead atoms. The smallest absolute Gasteiger partial charge is 0.429 e. The summed E-state index contributed by atoms with van der Waals surface area (Å²) in [7, 11) is 0. The van der Waals surface area contributed by atoms with Crippen molar-refractivity contribution in [2.45, 2.75) is 72.0 Å². The quantitative estimate of drug-likeness (QED) is 0.634. The van der Waals surface area contributed by atoms with Crippen LogP contribution in [0.5, 0.6) is 0 Å². The number of carbonyl (C=O) groups is 2. The van der Waals surface area contributed by atoms with Crippen LogP contribution in [0.3, 0.4) is 0 Å². The second kappa shape index (κ2) is 8.47. The van der Waals surface area contributed by atoms with Crippen LogP contribution in [0.4, 0.5) is 9.59 Å². The number of nitrogens with zero attached hydrogens (tertiary/aromatic N) is 2. The van der Waals surface area contributed by atoms with Gasteiger partial charge in [-0.05, 0) is 54.4 Å². The first kappa shape index (κ1) is 20.0. The molecule has 0 aliphatic heterocycles. The average Bonchev–Trinajstić information content (AvgIpc) is 2.28. The summed E-state index contributed by atoms with van der Waals surface area (Å²) in [5.41, 5.74) is 1.06. The molecule has 1 N–H and O–H groups in total. The first-order chi connectivity index (χ1) is 9.94. The molecule has 0 heterocycles. The van der Waals surface area contributed by atoms with E-state index in [1.165, 1.54) is 0 Å². The molecule has 22 heavy (non-hydrogen) atoms. The molecule has 2 amide bonds. The number of nitrogens with one attached hydrogen (secondary N) is 1. The lowest BCUT2D eigenvalue weighted by atomic mass is 10.2. The predicted molar refractivity (Wildman–Crippen MR) is 81.8 cm³/mol. The SMILES string of the molecule is CC(C)(C)OC(=O)NN(CCCCC#N)C(=O)OC(C)(C)C. The van der Waals surface area contributed by atoms with Crippen molar-refractivity contribution in [2.24, 2.45) is 0 Å². The molecule has 126 valence electrons. The Labute approximate surface area is 132 Å². The van der Waals surface area contributed by atoms with E-state index in [1.54, 1.807) is 41.5 Å². The van der Waals surface area contributed by atoms with Gasteiger partial charge >= 0.3 is 12.2 Å². The fourth-order valence-electron chi connectivity index (χ4n) is 1.39. The Hall–Kier alpha value is -1.97. The van der Waals surface area contributed by atoms with Crippen molar-refractivity contribution in [2.75, 3.05) is 6.54 Å². The topological polar surface area (TPSA) is 91.7 Å². The van der Waals surface area contributed by atoms with Crippen LogP contribution < -0.4 is 5.43 Å². The van der Waals surface area contributed by atoms with E-state index in [0.29, 0.717) is 19.3 Å². The van der Waals surface area contributed by atoms with E-state index in [-0.39, 0.29) is 6.54 Å². The lowest BCUT2D eigenvalue weighted by molar-refractivity contribution is 0.00107. The second-order valence-electron chi connectivity index (χ2n) is 6.86. The van der Waals surface area contributed by atoms with Gasteiger partial charge in [0.1, 0.15) is 11.2 Å². The maximum absolute atomic E-state index is 12.1. The van der Waals surface area contributed by atoms with Crippen LogP contribution in [-0.2, 0) is 9.47 Å². The number of ether oxygens (including phenoxy) is 2. The highest BCUT2D eigenvalue weighted by Gasteiger charge is 2.25. The van der Waals surface area contributed by atoms with Crippen LogP contribution in [0.2, 0.25) is 0 Å². The zero-order valence-corrected chi connectivity index (χ0v) is 14.4.